The highest BCUT2D eigenvalue weighted by Gasteiger charge is 2.32. The molecule has 0 unspecified atom stereocenters. The summed E-state index contributed by atoms with van der Waals surface area (Å²) in [5.41, 5.74) is 7.40. The fourth-order valence-corrected chi connectivity index (χ4v) is 4.02. The molecule has 2 heterocycles. The standard InChI is InChI=1S/C25H27F2N5O3/c1-13-16(21-22(34-6-5-29-4)23(28)31-12-30-21)8-15(26)9-19(13)32-24(33)17-7-14-11-25(2,3)35-20(14)10-18(17)27/h7-10,12,29H,5-6,11H2,1-4H3,(H,32,33)(H2,28,30,31). The van der Waals surface area contributed by atoms with Crippen molar-refractivity contribution in [2.45, 2.75) is 32.8 Å². The Kier molecular flexibility index (Phi) is 6.58. The Labute approximate surface area is 201 Å². The second kappa shape index (κ2) is 9.46. The summed E-state index contributed by atoms with van der Waals surface area (Å²) in [6.07, 6.45) is 1.79. The van der Waals surface area contributed by atoms with Crippen molar-refractivity contribution in [3.63, 3.8) is 0 Å². The number of nitrogens with one attached hydrogen (secondary N) is 2. The van der Waals surface area contributed by atoms with Crippen LogP contribution in [0.2, 0.25) is 0 Å². The zero-order valence-electron chi connectivity index (χ0n) is 20.0. The smallest absolute Gasteiger partial charge is 0.258 e. The molecule has 1 aromatic heterocycles. The lowest BCUT2D eigenvalue weighted by Crippen LogP contribution is -2.24. The molecule has 35 heavy (non-hydrogen) atoms. The topological polar surface area (TPSA) is 111 Å². The van der Waals surface area contributed by atoms with Gasteiger partial charge in [0, 0.05) is 30.3 Å². The van der Waals surface area contributed by atoms with Crippen LogP contribution in [0.25, 0.3) is 11.3 Å². The van der Waals surface area contributed by atoms with Crippen LogP contribution < -0.4 is 25.8 Å². The van der Waals surface area contributed by atoms with Gasteiger partial charge in [-0.3, -0.25) is 4.79 Å². The Balaban J connectivity index is 1.68. The minimum atomic E-state index is -0.725. The average molecular weight is 484 g/mol. The highest BCUT2D eigenvalue weighted by Crippen LogP contribution is 2.38. The Morgan fingerprint density at radius 3 is 2.74 bits per heavy atom. The fraction of sp³-hybridized carbons (Fsp3) is 0.320. The molecule has 0 radical (unpaired) electrons. The van der Waals surface area contributed by atoms with Crippen LogP contribution in [0.15, 0.2) is 30.6 Å². The number of anilines is 2. The van der Waals surface area contributed by atoms with E-state index in [4.69, 9.17) is 15.2 Å². The van der Waals surface area contributed by atoms with Crippen LogP contribution in [-0.4, -0.2) is 41.7 Å². The molecule has 8 nitrogen and oxygen atoms in total. The quantitative estimate of drug-likeness (QED) is 0.438. The summed E-state index contributed by atoms with van der Waals surface area (Å²) < 4.78 is 40.9. The van der Waals surface area contributed by atoms with Crippen LogP contribution in [0.4, 0.5) is 20.3 Å². The van der Waals surface area contributed by atoms with E-state index in [1.807, 2.05) is 13.8 Å². The highest BCUT2D eigenvalue weighted by atomic mass is 19.1. The summed E-state index contributed by atoms with van der Waals surface area (Å²) in [6, 6.07) is 5.12. The predicted octanol–water partition coefficient (Wildman–Crippen LogP) is 3.88. The lowest BCUT2D eigenvalue weighted by atomic mass is 9.99. The number of carbonyl (C=O) groups excluding carboxylic acids is 1. The van der Waals surface area contributed by atoms with E-state index in [0.717, 1.165) is 5.56 Å². The van der Waals surface area contributed by atoms with Crippen molar-refractivity contribution in [1.29, 1.82) is 0 Å². The van der Waals surface area contributed by atoms with Crippen LogP contribution >= 0.6 is 0 Å². The van der Waals surface area contributed by atoms with Gasteiger partial charge < -0.3 is 25.8 Å². The van der Waals surface area contributed by atoms with Gasteiger partial charge in [-0.2, -0.15) is 0 Å². The lowest BCUT2D eigenvalue weighted by Gasteiger charge is -2.17. The Bertz CT molecular complexity index is 1300. The van der Waals surface area contributed by atoms with Gasteiger partial charge in [0.05, 0.1) is 5.56 Å². The molecule has 0 fully saturated rings. The molecule has 0 saturated heterocycles. The first-order valence-electron chi connectivity index (χ1n) is 11.1. The number of aromatic nitrogens is 2. The Morgan fingerprint density at radius 1 is 1.23 bits per heavy atom. The third-order valence-corrected chi connectivity index (χ3v) is 5.70. The SMILES string of the molecule is CNCCOc1c(N)ncnc1-c1cc(F)cc(NC(=O)c2cc3c(cc2F)OC(C)(C)C3)c1C. The zero-order valence-corrected chi connectivity index (χ0v) is 20.0. The highest BCUT2D eigenvalue weighted by molar-refractivity contribution is 6.05. The molecule has 4 rings (SSSR count). The number of ether oxygens (including phenoxy) is 2. The lowest BCUT2D eigenvalue weighted by molar-refractivity contribution is 0.102. The first-order valence-corrected chi connectivity index (χ1v) is 11.1. The maximum absolute atomic E-state index is 14.8. The third-order valence-electron chi connectivity index (χ3n) is 5.70. The van der Waals surface area contributed by atoms with E-state index in [0.29, 0.717) is 29.8 Å². The first-order chi connectivity index (χ1) is 16.6. The number of fused-ring (bicyclic) bond motifs is 1. The number of likely N-dealkylation sites (N-methyl/N-ethyl adjacent to an activating group) is 1. The normalized spacial score (nSPS) is 13.8. The van der Waals surface area contributed by atoms with Crippen molar-refractivity contribution in [3.8, 4) is 22.8 Å². The van der Waals surface area contributed by atoms with Gasteiger partial charge in [-0.1, -0.05) is 0 Å². The number of nitrogens with two attached hydrogens (primary N) is 1. The van der Waals surface area contributed by atoms with Crippen LogP contribution in [-0.2, 0) is 6.42 Å². The Morgan fingerprint density at radius 2 is 2.00 bits per heavy atom. The van der Waals surface area contributed by atoms with Crippen molar-refractivity contribution >= 4 is 17.4 Å². The van der Waals surface area contributed by atoms with E-state index in [1.165, 1.54) is 30.6 Å². The third kappa shape index (κ3) is 5.02. The molecule has 3 aromatic rings. The van der Waals surface area contributed by atoms with Gasteiger partial charge in [0.2, 0.25) is 0 Å². The van der Waals surface area contributed by atoms with Gasteiger partial charge >= 0.3 is 0 Å². The van der Waals surface area contributed by atoms with Crippen molar-refractivity contribution in [1.82, 2.24) is 15.3 Å². The van der Waals surface area contributed by atoms with Gasteiger partial charge in [0.15, 0.2) is 11.6 Å². The predicted molar refractivity (Wildman–Crippen MR) is 129 cm³/mol. The van der Waals surface area contributed by atoms with Gasteiger partial charge in [-0.25, -0.2) is 18.7 Å². The molecule has 0 aliphatic carbocycles. The van der Waals surface area contributed by atoms with E-state index in [9.17, 15) is 13.6 Å². The number of benzene rings is 2. The Hall–Kier alpha value is -3.79. The van der Waals surface area contributed by atoms with Crippen LogP contribution in [0.3, 0.4) is 0 Å². The van der Waals surface area contributed by atoms with Gasteiger partial charge in [-0.05, 0) is 57.1 Å². The van der Waals surface area contributed by atoms with Crippen molar-refractivity contribution in [2.75, 3.05) is 31.2 Å². The fourth-order valence-electron chi connectivity index (χ4n) is 4.02. The van der Waals surface area contributed by atoms with E-state index >= 15 is 0 Å². The molecule has 0 saturated carbocycles. The molecular weight excluding hydrogens is 456 g/mol. The minimum Gasteiger partial charge on any atom is -0.487 e. The van der Waals surface area contributed by atoms with Crippen LogP contribution in [0.1, 0.15) is 35.3 Å². The maximum atomic E-state index is 14.8. The monoisotopic (exact) mass is 483 g/mol. The summed E-state index contributed by atoms with van der Waals surface area (Å²) >= 11 is 0. The molecule has 2 aromatic carbocycles. The second-order valence-corrected chi connectivity index (χ2v) is 8.95. The minimum absolute atomic E-state index is 0.103. The molecule has 1 amide bonds. The number of rotatable bonds is 7. The van der Waals surface area contributed by atoms with E-state index in [1.54, 1.807) is 14.0 Å². The molecule has 184 valence electrons. The summed E-state index contributed by atoms with van der Waals surface area (Å²) in [6.45, 7) is 6.30. The molecule has 4 N–H and O–H groups in total. The summed E-state index contributed by atoms with van der Waals surface area (Å²) in [5, 5.41) is 5.59. The number of nitrogen functional groups attached to an aromatic ring is 1. The molecule has 1 aliphatic rings. The summed E-state index contributed by atoms with van der Waals surface area (Å²) in [5.74, 6) is -1.32. The van der Waals surface area contributed by atoms with Crippen molar-refractivity contribution < 1.29 is 23.0 Å². The van der Waals surface area contributed by atoms with E-state index in [2.05, 4.69) is 20.6 Å². The molecule has 0 spiro atoms. The van der Waals surface area contributed by atoms with E-state index in [-0.39, 0.29) is 35.1 Å². The van der Waals surface area contributed by atoms with E-state index < -0.39 is 23.1 Å². The van der Waals surface area contributed by atoms with Crippen LogP contribution in [0.5, 0.6) is 11.5 Å². The molecule has 10 heteroatoms. The second-order valence-electron chi connectivity index (χ2n) is 8.95. The van der Waals surface area contributed by atoms with Gasteiger partial charge in [0.25, 0.3) is 5.91 Å². The number of amides is 1. The molecular formula is C25H27F2N5O3. The van der Waals surface area contributed by atoms with Crippen LogP contribution in [0, 0.1) is 18.6 Å². The number of halogens is 2. The summed E-state index contributed by atoms with van der Waals surface area (Å²) in [4.78, 5) is 21.2. The molecule has 1 aliphatic heterocycles. The number of hydrogen-bond donors (Lipinski definition) is 3. The zero-order chi connectivity index (χ0) is 25.3. The maximum Gasteiger partial charge on any atom is 0.258 e. The molecule has 0 bridgehead atoms. The average Bonchev–Trinajstić information content (AvgIpc) is 3.09. The first kappa shape index (κ1) is 24.3. The molecule has 0 atom stereocenters. The van der Waals surface area contributed by atoms with Crippen molar-refractivity contribution in [2.24, 2.45) is 0 Å². The number of hydrogen-bond acceptors (Lipinski definition) is 7. The van der Waals surface area contributed by atoms with Gasteiger partial charge in [-0.15, -0.1) is 0 Å². The largest absolute Gasteiger partial charge is 0.487 e. The summed E-state index contributed by atoms with van der Waals surface area (Å²) in [7, 11) is 1.78. The van der Waals surface area contributed by atoms with Gasteiger partial charge in [0.1, 0.15) is 41.6 Å². The van der Waals surface area contributed by atoms with Crippen molar-refractivity contribution in [3.05, 3.63) is 58.9 Å². The number of nitrogens with zero attached hydrogens (tertiary/aromatic N) is 2. The number of carbonyl (C=O) groups is 1.